The Kier molecular flexibility index (Phi) is 6.69. The van der Waals surface area contributed by atoms with E-state index in [2.05, 4.69) is 5.32 Å². The molecule has 0 atom stereocenters. The smallest absolute Gasteiger partial charge is 0.224 e. The minimum atomic E-state index is -0.282. The van der Waals surface area contributed by atoms with Gasteiger partial charge in [0.05, 0.1) is 0 Å². The molecule has 0 heterocycles. The van der Waals surface area contributed by atoms with Crippen molar-refractivity contribution < 1.29 is 14.3 Å². The molecule has 142 valence electrons. The molecular formula is C22H17Cl2NO3. The molecule has 0 spiro atoms. The van der Waals surface area contributed by atoms with E-state index in [4.69, 9.17) is 27.9 Å². The van der Waals surface area contributed by atoms with E-state index in [-0.39, 0.29) is 24.5 Å². The molecule has 0 aromatic heterocycles. The van der Waals surface area contributed by atoms with E-state index in [1.54, 1.807) is 42.5 Å². The molecule has 4 nitrogen and oxygen atoms in total. The molecule has 6 heteroatoms. The van der Waals surface area contributed by atoms with Crippen molar-refractivity contribution in [2.24, 2.45) is 0 Å². The molecule has 1 amide bonds. The number of nitrogens with one attached hydrogen (secondary N) is 1. The number of carbonyl (C=O) groups is 2. The Bertz CT molecular complexity index is 953. The number of carbonyl (C=O) groups excluding carboxylic acids is 2. The number of anilines is 1. The monoisotopic (exact) mass is 413 g/mol. The number of ketones is 1. The standard InChI is InChI=1S/C22H17Cl2NO3/c23-16-12-17(24)14-18(13-16)25-22(27)11-10-21(26)15-6-8-20(9-7-15)28-19-4-2-1-3-5-19/h1-9,12-14H,10-11H2,(H,25,27). The van der Waals surface area contributed by atoms with Gasteiger partial charge in [0.1, 0.15) is 11.5 Å². The van der Waals surface area contributed by atoms with Crippen molar-refractivity contribution in [3.8, 4) is 11.5 Å². The fourth-order valence-electron chi connectivity index (χ4n) is 2.55. The summed E-state index contributed by atoms with van der Waals surface area (Å²) >= 11 is 11.8. The zero-order chi connectivity index (χ0) is 19.9. The Morgan fingerprint density at radius 1 is 0.786 bits per heavy atom. The van der Waals surface area contributed by atoms with E-state index >= 15 is 0 Å². The zero-order valence-corrected chi connectivity index (χ0v) is 16.3. The van der Waals surface area contributed by atoms with Crippen molar-refractivity contribution in [3.63, 3.8) is 0 Å². The van der Waals surface area contributed by atoms with Crippen molar-refractivity contribution in [1.29, 1.82) is 0 Å². The van der Waals surface area contributed by atoms with Gasteiger partial charge < -0.3 is 10.1 Å². The van der Waals surface area contributed by atoms with Crippen LogP contribution in [0.15, 0.2) is 72.8 Å². The molecular weight excluding hydrogens is 397 g/mol. The van der Waals surface area contributed by atoms with Gasteiger partial charge in [-0.05, 0) is 54.6 Å². The Morgan fingerprint density at radius 2 is 1.39 bits per heavy atom. The summed E-state index contributed by atoms with van der Waals surface area (Å²) in [5.74, 6) is 0.957. The van der Waals surface area contributed by atoms with Gasteiger partial charge in [-0.15, -0.1) is 0 Å². The van der Waals surface area contributed by atoms with Gasteiger partial charge in [0.2, 0.25) is 5.91 Å². The van der Waals surface area contributed by atoms with E-state index in [1.165, 1.54) is 0 Å². The minimum absolute atomic E-state index is 0.0607. The number of hydrogen-bond acceptors (Lipinski definition) is 3. The van der Waals surface area contributed by atoms with Crippen LogP contribution in [-0.2, 0) is 4.79 Å². The lowest BCUT2D eigenvalue weighted by Crippen LogP contribution is -2.13. The second kappa shape index (κ2) is 9.40. The summed E-state index contributed by atoms with van der Waals surface area (Å²) in [5, 5.41) is 3.54. The first-order valence-corrected chi connectivity index (χ1v) is 9.37. The highest BCUT2D eigenvalue weighted by molar-refractivity contribution is 6.35. The van der Waals surface area contributed by atoms with Gasteiger partial charge in [0.25, 0.3) is 0 Å². The molecule has 0 aliphatic heterocycles. The maximum Gasteiger partial charge on any atom is 0.224 e. The van der Waals surface area contributed by atoms with Gasteiger partial charge in [-0.2, -0.15) is 0 Å². The number of para-hydroxylation sites is 1. The second-order valence-corrected chi connectivity index (χ2v) is 6.94. The van der Waals surface area contributed by atoms with Crippen molar-refractivity contribution in [1.82, 2.24) is 0 Å². The lowest BCUT2D eigenvalue weighted by Gasteiger charge is -2.07. The molecule has 3 aromatic carbocycles. The molecule has 3 aromatic rings. The highest BCUT2D eigenvalue weighted by atomic mass is 35.5. The largest absolute Gasteiger partial charge is 0.457 e. The average molecular weight is 414 g/mol. The number of amides is 1. The van der Waals surface area contributed by atoms with Crippen LogP contribution in [0.5, 0.6) is 11.5 Å². The summed E-state index contributed by atoms with van der Waals surface area (Å²) in [7, 11) is 0. The van der Waals surface area contributed by atoms with Gasteiger partial charge in [-0.3, -0.25) is 9.59 Å². The van der Waals surface area contributed by atoms with Crippen LogP contribution in [-0.4, -0.2) is 11.7 Å². The first-order valence-electron chi connectivity index (χ1n) is 8.62. The Balaban J connectivity index is 1.52. The topological polar surface area (TPSA) is 55.4 Å². The summed E-state index contributed by atoms with van der Waals surface area (Å²) in [5.41, 5.74) is 1.02. The Morgan fingerprint density at radius 3 is 2.04 bits per heavy atom. The van der Waals surface area contributed by atoms with Crippen molar-refractivity contribution in [2.45, 2.75) is 12.8 Å². The summed E-state index contributed by atoms with van der Waals surface area (Å²) in [6, 6.07) is 21.0. The van der Waals surface area contributed by atoms with Gasteiger partial charge in [-0.25, -0.2) is 0 Å². The Hall–Kier alpha value is -2.82. The van der Waals surface area contributed by atoms with Crippen LogP contribution in [0.25, 0.3) is 0 Å². The third-order valence-electron chi connectivity index (χ3n) is 3.88. The van der Waals surface area contributed by atoms with Gasteiger partial charge in [0, 0.05) is 34.1 Å². The quantitative estimate of drug-likeness (QED) is 0.456. The predicted molar refractivity (Wildman–Crippen MR) is 112 cm³/mol. The maximum absolute atomic E-state index is 12.3. The van der Waals surface area contributed by atoms with Crippen LogP contribution in [0, 0.1) is 0 Å². The van der Waals surface area contributed by atoms with Crippen LogP contribution in [0.2, 0.25) is 10.0 Å². The average Bonchev–Trinajstić information content (AvgIpc) is 2.67. The molecule has 28 heavy (non-hydrogen) atoms. The summed E-state index contributed by atoms with van der Waals surface area (Å²) in [4.78, 5) is 24.4. The molecule has 0 bridgehead atoms. The molecule has 3 rings (SSSR count). The van der Waals surface area contributed by atoms with E-state index in [0.717, 1.165) is 5.75 Å². The molecule has 0 radical (unpaired) electrons. The first-order chi connectivity index (χ1) is 13.5. The van der Waals surface area contributed by atoms with Crippen molar-refractivity contribution in [2.75, 3.05) is 5.32 Å². The van der Waals surface area contributed by atoms with Crippen molar-refractivity contribution in [3.05, 3.63) is 88.4 Å². The minimum Gasteiger partial charge on any atom is -0.457 e. The molecule has 0 saturated heterocycles. The van der Waals surface area contributed by atoms with Gasteiger partial charge in [-0.1, -0.05) is 41.4 Å². The van der Waals surface area contributed by atoms with Crippen LogP contribution >= 0.6 is 23.2 Å². The fraction of sp³-hybridized carbons (Fsp3) is 0.0909. The highest BCUT2D eigenvalue weighted by Crippen LogP contribution is 2.23. The SMILES string of the molecule is O=C(CCC(=O)c1ccc(Oc2ccccc2)cc1)Nc1cc(Cl)cc(Cl)c1. The van der Waals surface area contributed by atoms with E-state index < -0.39 is 0 Å². The predicted octanol–water partition coefficient (Wildman–Crippen LogP) is 6.39. The Labute approximate surface area is 173 Å². The second-order valence-electron chi connectivity index (χ2n) is 6.07. The number of rotatable bonds is 7. The number of hydrogen-bond donors (Lipinski definition) is 1. The van der Waals surface area contributed by atoms with Crippen LogP contribution < -0.4 is 10.1 Å². The fourth-order valence-corrected chi connectivity index (χ4v) is 3.08. The van der Waals surface area contributed by atoms with Crippen LogP contribution in [0.3, 0.4) is 0 Å². The number of benzene rings is 3. The number of Topliss-reactive ketones (excluding diaryl/α,β-unsaturated/α-hetero) is 1. The van der Waals surface area contributed by atoms with Gasteiger partial charge >= 0.3 is 0 Å². The normalized spacial score (nSPS) is 10.4. The van der Waals surface area contributed by atoms with E-state index in [9.17, 15) is 9.59 Å². The third-order valence-corrected chi connectivity index (χ3v) is 4.32. The maximum atomic E-state index is 12.3. The molecule has 0 saturated carbocycles. The van der Waals surface area contributed by atoms with E-state index in [1.807, 2.05) is 30.3 Å². The van der Waals surface area contributed by atoms with Crippen molar-refractivity contribution >= 4 is 40.6 Å². The van der Waals surface area contributed by atoms with E-state index in [0.29, 0.717) is 27.0 Å². The van der Waals surface area contributed by atoms with Gasteiger partial charge in [0.15, 0.2) is 5.78 Å². The first kappa shape index (κ1) is 19.9. The van der Waals surface area contributed by atoms with Crippen LogP contribution in [0.1, 0.15) is 23.2 Å². The number of halogens is 2. The lowest BCUT2D eigenvalue weighted by molar-refractivity contribution is -0.116. The zero-order valence-electron chi connectivity index (χ0n) is 14.8. The number of ether oxygens (including phenoxy) is 1. The molecule has 0 fully saturated rings. The summed E-state index contributed by atoms with van der Waals surface area (Å²) in [6.07, 6.45) is 0.157. The molecule has 1 N–H and O–H groups in total. The summed E-state index contributed by atoms with van der Waals surface area (Å²) in [6.45, 7) is 0. The molecule has 0 aliphatic carbocycles. The summed E-state index contributed by atoms with van der Waals surface area (Å²) < 4.78 is 5.70. The highest BCUT2D eigenvalue weighted by Gasteiger charge is 2.11. The lowest BCUT2D eigenvalue weighted by atomic mass is 10.1. The molecule has 0 unspecified atom stereocenters. The third kappa shape index (κ3) is 5.84. The van der Waals surface area contributed by atoms with Crippen LogP contribution in [0.4, 0.5) is 5.69 Å². The molecule has 0 aliphatic rings.